The van der Waals surface area contributed by atoms with Crippen LogP contribution in [0, 0.1) is 5.92 Å². The Morgan fingerprint density at radius 2 is 2.05 bits per heavy atom. The normalized spacial score (nSPS) is 17.2. The molecular weight excluding hydrogens is 258 g/mol. The molecule has 0 heterocycles. The molecule has 1 aliphatic carbocycles. The average molecular weight is 279 g/mol. The molecule has 0 aliphatic heterocycles. The predicted molar refractivity (Wildman–Crippen MR) is 74.8 cm³/mol. The maximum absolute atomic E-state index is 12.3. The summed E-state index contributed by atoms with van der Waals surface area (Å²) in [6.45, 7) is 2.08. The molecule has 0 amide bonds. The van der Waals surface area contributed by atoms with Crippen molar-refractivity contribution in [1.29, 1.82) is 0 Å². The highest BCUT2D eigenvalue weighted by molar-refractivity contribution is 5.84. The molecule has 0 aromatic heterocycles. The summed E-state index contributed by atoms with van der Waals surface area (Å²) in [5.74, 6) is 0.911. The molecule has 1 aromatic carbocycles. The van der Waals surface area contributed by atoms with Crippen LogP contribution < -0.4 is 15.2 Å². The SMILES string of the molecule is CCOC(=O)C(N)(c1ccc(OC)cc1OC)C1CC1. The molecule has 0 spiro atoms. The van der Waals surface area contributed by atoms with Crippen LogP contribution in [0.5, 0.6) is 11.5 Å². The highest BCUT2D eigenvalue weighted by Crippen LogP contribution is 2.47. The fraction of sp³-hybridized carbons (Fsp3) is 0.533. The Morgan fingerprint density at radius 3 is 2.55 bits per heavy atom. The van der Waals surface area contributed by atoms with E-state index in [1.165, 1.54) is 0 Å². The van der Waals surface area contributed by atoms with Gasteiger partial charge in [0.2, 0.25) is 0 Å². The van der Waals surface area contributed by atoms with Crippen molar-refractivity contribution in [3.8, 4) is 11.5 Å². The minimum absolute atomic E-state index is 0.101. The van der Waals surface area contributed by atoms with Crippen LogP contribution in [0.25, 0.3) is 0 Å². The number of esters is 1. The zero-order valence-electron chi connectivity index (χ0n) is 12.1. The molecule has 0 bridgehead atoms. The first-order valence-electron chi connectivity index (χ1n) is 6.76. The summed E-state index contributed by atoms with van der Waals surface area (Å²) in [5.41, 5.74) is 5.94. The fourth-order valence-electron chi connectivity index (χ4n) is 2.43. The molecule has 1 saturated carbocycles. The van der Waals surface area contributed by atoms with E-state index in [4.69, 9.17) is 19.9 Å². The highest BCUT2D eigenvalue weighted by Gasteiger charge is 2.52. The molecule has 5 nitrogen and oxygen atoms in total. The number of carbonyl (C=O) groups excluding carboxylic acids is 1. The third-order valence-corrected chi connectivity index (χ3v) is 3.69. The van der Waals surface area contributed by atoms with Crippen LogP contribution in [0.1, 0.15) is 25.3 Å². The van der Waals surface area contributed by atoms with Crippen molar-refractivity contribution in [2.75, 3.05) is 20.8 Å². The zero-order chi connectivity index (χ0) is 14.8. The Morgan fingerprint density at radius 1 is 1.35 bits per heavy atom. The molecule has 0 radical (unpaired) electrons. The van der Waals surface area contributed by atoms with E-state index in [1.807, 2.05) is 0 Å². The molecular formula is C15H21NO4. The lowest BCUT2D eigenvalue weighted by molar-refractivity contribution is -0.151. The summed E-state index contributed by atoms with van der Waals surface area (Å²) in [6.07, 6.45) is 1.84. The van der Waals surface area contributed by atoms with E-state index in [1.54, 1.807) is 39.3 Å². The van der Waals surface area contributed by atoms with E-state index in [0.717, 1.165) is 12.8 Å². The van der Waals surface area contributed by atoms with Gasteiger partial charge in [0.15, 0.2) is 0 Å². The van der Waals surface area contributed by atoms with Gasteiger partial charge < -0.3 is 19.9 Å². The van der Waals surface area contributed by atoms with Gasteiger partial charge in [-0.2, -0.15) is 0 Å². The van der Waals surface area contributed by atoms with Crippen LogP contribution in [-0.2, 0) is 15.1 Å². The Balaban J connectivity index is 2.46. The van der Waals surface area contributed by atoms with Gasteiger partial charge in [-0.05, 0) is 37.8 Å². The molecule has 110 valence electrons. The first kappa shape index (κ1) is 14.7. The number of hydrogen-bond donors (Lipinski definition) is 1. The number of methoxy groups -OCH3 is 2. The topological polar surface area (TPSA) is 70.8 Å². The van der Waals surface area contributed by atoms with Crippen LogP contribution in [-0.4, -0.2) is 26.8 Å². The van der Waals surface area contributed by atoms with Gasteiger partial charge in [0.1, 0.15) is 17.0 Å². The van der Waals surface area contributed by atoms with Crippen molar-refractivity contribution in [3.63, 3.8) is 0 Å². The van der Waals surface area contributed by atoms with Crippen LogP contribution in [0.4, 0.5) is 0 Å². The molecule has 1 atom stereocenters. The van der Waals surface area contributed by atoms with Gasteiger partial charge in [-0.3, -0.25) is 0 Å². The number of ether oxygens (including phenoxy) is 3. The molecule has 2 N–H and O–H groups in total. The quantitative estimate of drug-likeness (QED) is 0.804. The number of benzene rings is 1. The molecule has 1 aromatic rings. The summed E-state index contributed by atoms with van der Waals surface area (Å²) < 4.78 is 15.7. The first-order valence-corrected chi connectivity index (χ1v) is 6.76. The molecule has 20 heavy (non-hydrogen) atoms. The molecule has 5 heteroatoms. The molecule has 2 rings (SSSR count). The largest absolute Gasteiger partial charge is 0.497 e. The second-order valence-corrected chi connectivity index (χ2v) is 4.93. The van der Waals surface area contributed by atoms with E-state index >= 15 is 0 Å². The zero-order valence-corrected chi connectivity index (χ0v) is 12.1. The van der Waals surface area contributed by atoms with E-state index < -0.39 is 11.5 Å². The Hall–Kier alpha value is -1.75. The van der Waals surface area contributed by atoms with Crippen molar-refractivity contribution in [2.45, 2.75) is 25.3 Å². The molecule has 1 fully saturated rings. The van der Waals surface area contributed by atoms with Crippen LogP contribution in [0.15, 0.2) is 18.2 Å². The third-order valence-electron chi connectivity index (χ3n) is 3.69. The van der Waals surface area contributed by atoms with Crippen molar-refractivity contribution in [3.05, 3.63) is 23.8 Å². The Bertz CT molecular complexity index is 499. The van der Waals surface area contributed by atoms with Crippen molar-refractivity contribution < 1.29 is 19.0 Å². The number of rotatable bonds is 6. The van der Waals surface area contributed by atoms with E-state index in [9.17, 15) is 4.79 Å². The molecule has 0 saturated heterocycles. The van der Waals surface area contributed by atoms with Crippen LogP contribution in [0.3, 0.4) is 0 Å². The Labute approximate surface area is 119 Å². The number of hydrogen-bond acceptors (Lipinski definition) is 5. The van der Waals surface area contributed by atoms with Gasteiger partial charge in [-0.1, -0.05) is 0 Å². The monoisotopic (exact) mass is 279 g/mol. The van der Waals surface area contributed by atoms with E-state index in [2.05, 4.69) is 0 Å². The maximum Gasteiger partial charge on any atom is 0.331 e. The van der Waals surface area contributed by atoms with Gasteiger partial charge in [-0.25, -0.2) is 4.79 Å². The van der Waals surface area contributed by atoms with Crippen LogP contribution >= 0.6 is 0 Å². The summed E-state index contributed by atoms with van der Waals surface area (Å²) in [4.78, 5) is 12.3. The summed E-state index contributed by atoms with van der Waals surface area (Å²) >= 11 is 0. The minimum Gasteiger partial charge on any atom is -0.497 e. The lowest BCUT2D eigenvalue weighted by Crippen LogP contribution is -2.48. The lowest BCUT2D eigenvalue weighted by Gasteiger charge is -2.29. The lowest BCUT2D eigenvalue weighted by atomic mass is 9.85. The number of nitrogens with two attached hydrogens (primary N) is 1. The summed E-state index contributed by atoms with van der Waals surface area (Å²) in [5, 5.41) is 0. The number of carbonyl (C=O) groups is 1. The van der Waals surface area contributed by atoms with Gasteiger partial charge in [0.05, 0.1) is 20.8 Å². The van der Waals surface area contributed by atoms with Gasteiger partial charge >= 0.3 is 5.97 Å². The maximum atomic E-state index is 12.3. The van der Waals surface area contributed by atoms with Gasteiger partial charge in [-0.15, -0.1) is 0 Å². The fourth-order valence-corrected chi connectivity index (χ4v) is 2.43. The second kappa shape index (κ2) is 5.71. The molecule has 1 aliphatic rings. The van der Waals surface area contributed by atoms with Gasteiger partial charge in [0.25, 0.3) is 0 Å². The minimum atomic E-state index is -1.15. The van der Waals surface area contributed by atoms with Crippen molar-refractivity contribution in [1.82, 2.24) is 0 Å². The smallest absolute Gasteiger partial charge is 0.331 e. The second-order valence-electron chi connectivity index (χ2n) is 4.93. The van der Waals surface area contributed by atoms with Crippen LogP contribution in [0.2, 0.25) is 0 Å². The van der Waals surface area contributed by atoms with Crippen molar-refractivity contribution >= 4 is 5.97 Å². The van der Waals surface area contributed by atoms with Crippen molar-refractivity contribution in [2.24, 2.45) is 11.7 Å². The standard InChI is InChI=1S/C15H21NO4/c1-4-20-14(17)15(16,10-5-6-10)12-8-7-11(18-2)9-13(12)19-3/h7-10H,4-6,16H2,1-3H3. The summed E-state index contributed by atoms with van der Waals surface area (Å²) in [6, 6.07) is 5.30. The van der Waals surface area contributed by atoms with E-state index in [0.29, 0.717) is 23.7 Å². The van der Waals surface area contributed by atoms with Gasteiger partial charge in [0, 0.05) is 11.6 Å². The molecule has 1 unspecified atom stereocenters. The average Bonchev–Trinajstić information content (AvgIpc) is 3.30. The predicted octanol–water partition coefficient (Wildman–Crippen LogP) is 1.83. The van der Waals surface area contributed by atoms with E-state index in [-0.39, 0.29) is 5.92 Å². The highest BCUT2D eigenvalue weighted by atomic mass is 16.5. The summed E-state index contributed by atoms with van der Waals surface area (Å²) in [7, 11) is 3.13. The Kier molecular flexibility index (Phi) is 4.18. The third kappa shape index (κ3) is 2.45. The first-order chi connectivity index (χ1) is 9.57.